The largest absolute Gasteiger partial charge is 0.508 e. The molecular formula is C54H71N9O14. The fourth-order valence-corrected chi connectivity index (χ4v) is 8.27. The topological polar surface area (TPSA) is 378 Å². The fraction of sp³-hybridized carbons (Fsp3) is 0.444. The highest BCUT2D eigenvalue weighted by Crippen LogP contribution is 2.20. The van der Waals surface area contributed by atoms with Crippen molar-refractivity contribution in [1.82, 2.24) is 42.2 Å². The summed E-state index contributed by atoms with van der Waals surface area (Å²) in [5.74, 6) is -12.2. The van der Waals surface area contributed by atoms with Crippen molar-refractivity contribution in [1.29, 1.82) is 0 Å². The molecule has 0 fully saturated rings. The monoisotopic (exact) mass is 1070 g/mol. The first-order chi connectivity index (χ1) is 36.4. The maximum atomic E-state index is 14.5. The van der Waals surface area contributed by atoms with Gasteiger partial charge in [0, 0.05) is 42.8 Å². The van der Waals surface area contributed by atoms with Gasteiger partial charge in [0.1, 0.15) is 48.0 Å². The molecule has 4 rings (SSSR count). The van der Waals surface area contributed by atoms with Crippen molar-refractivity contribution in [3.05, 3.63) is 102 Å². The summed E-state index contributed by atoms with van der Waals surface area (Å²) in [4.78, 5) is 137. The van der Waals surface area contributed by atoms with E-state index in [2.05, 4.69) is 42.2 Å². The number of carbonyl (C=O) groups excluding carboxylic acids is 7. The molecule has 1 heterocycles. The van der Waals surface area contributed by atoms with E-state index in [4.69, 9.17) is 10.8 Å². The van der Waals surface area contributed by atoms with Gasteiger partial charge in [-0.05, 0) is 59.1 Å². The Morgan fingerprint density at radius 2 is 0.987 bits per heavy atom. The van der Waals surface area contributed by atoms with Crippen LogP contribution in [0.25, 0.3) is 10.9 Å². The van der Waals surface area contributed by atoms with E-state index in [0.717, 1.165) is 10.9 Å². The van der Waals surface area contributed by atoms with Gasteiger partial charge >= 0.3 is 17.9 Å². The van der Waals surface area contributed by atoms with Crippen LogP contribution in [0.4, 0.5) is 0 Å². The average molecular weight is 1070 g/mol. The highest BCUT2D eigenvalue weighted by atomic mass is 16.4. The van der Waals surface area contributed by atoms with Crippen molar-refractivity contribution in [2.45, 2.75) is 135 Å². The molecule has 14 N–H and O–H groups in total. The van der Waals surface area contributed by atoms with Crippen LogP contribution in [0.3, 0.4) is 0 Å². The number of amides is 7. The molecule has 0 radical (unpaired) electrons. The maximum absolute atomic E-state index is 14.5. The standard InChI is InChI=1S/C54H71N9O14/c1-7-30(6)46(53(75)60-41(54(76)77)25-33-27-56-37-16-12-11-15-35(33)37)63-52(74)45(29(4)5)62-48(70)38(21-22-42(65)66)57-49(71)39(23-31-13-9-8-10-14-31)58-50(72)40(24-32-17-19-34(64)20-18-32)59-51(73)44(28(2)3)61-47(69)36(55)26-43(67)68/h8-20,27-30,36,38-41,44-46,56,64H,7,21-26,55H2,1-6H3,(H,57,71)(H,58,72)(H,59,73)(H,60,75)(H,61,69)(H,62,70)(H,63,74)(H,65,66)(H,67,68)(H,76,77)/t30-,36-,38-,39-,40-,41-,44-,45-,46-/m0/s1. The predicted octanol–water partition coefficient (Wildman–Crippen LogP) is 1.40. The molecule has 0 bridgehead atoms. The summed E-state index contributed by atoms with van der Waals surface area (Å²) < 4.78 is 0. The summed E-state index contributed by atoms with van der Waals surface area (Å²) in [6.07, 6.45) is -0.333. The van der Waals surface area contributed by atoms with E-state index >= 15 is 0 Å². The first kappa shape index (κ1) is 61.2. The second-order valence-corrected chi connectivity index (χ2v) is 19.7. The molecule has 3 aromatic carbocycles. The number of hydrogen-bond donors (Lipinski definition) is 13. The zero-order chi connectivity index (χ0) is 57.1. The molecule has 0 aliphatic carbocycles. The molecule has 416 valence electrons. The number of nitrogens with one attached hydrogen (secondary N) is 8. The van der Waals surface area contributed by atoms with Crippen LogP contribution in [0.2, 0.25) is 0 Å². The second-order valence-electron chi connectivity index (χ2n) is 19.7. The van der Waals surface area contributed by atoms with Crippen molar-refractivity contribution in [3.8, 4) is 5.75 Å². The van der Waals surface area contributed by atoms with E-state index in [1.54, 1.807) is 84.1 Å². The van der Waals surface area contributed by atoms with E-state index in [9.17, 15) is 63.3 Å². The van der Waals surface area contributed by atoms with Crippen molar-refractivity contribution in [2.75, 3.05) is 0 Å². The van der Waals surface area contributed by atoms with Crippen LogP contribution in [0.1, 0.15) is 83.9 Å². The van der Waals surface area contributed by atoms with Crippen molar-refractivity contribution >= 4 is 70.2 Å². The zero-order valence-electron chi connectivity index (χ0n) is 43.8. The molecule has 4 aromatic rings. The summed E-state index contributed by atoms with van der Waals surface area (Å²) >= 11 is 0. The number of H-pyrrole nitrogens is 1. The molecule has 0 saturated carbocycles. The number of hydrogen-bond acceptors (Lipinski definition) is 12. The van der Waals surface area contributed by atoms with Crippen LogP contribution >= 0.6 is 0 Å². The number of para-hydroxylation sites is 1. The lowest BCUT2D eigenvalue weighted by Crippen LogP contribution is -2.62. The van der Waals surface area contributed by atoms with Gasteiger partial charge in [-0.3, -0.25) is 43.2 Å². The number of aromatic amines is 1. The van der Waals surface area contributed by atoms with Crippen LogP contribution in [-0.4, -0.2) is 133 Å². The Morgan fingerprint density at radius 3 is 1.53 bits per heavy atom. The maximum Gasteiger partial charge on any atom is 0.326 e. The number of carboxylic acid groups (broad SMARTS) is 3. The number of phenolic OH excluding ortho intramolecular Hbond substituents is 1. The minimum absolute atomic E-state index is 0.0818. The fourth-order valence-electron chi connectivity index (χ4n) is 8.27. The normalized spacial score (nSPS) is 14.8. The molecule has 0 saturated heterocycles. The molecule has 1 aromatic heterocycles. The number of carbonyl (C=O) groups is 10. The Kier molecular flexibility index (Phi) is 23.1. The molecule has 0 spiro atoms. The summed E-state index contributed by atoms with van der Waals surface area (Å²) in [6.45, 7) is 9.82. The van der Waals surface area contributed by atoms with Crippen LogP contribution in [0.15, 0.2) is 85.1 Å². The van der Waals surface area contributed by atoms with Crippen molar-refractivity contribution in [2.24, 2.45) is 23.5 Å². The quantitative estimate of drug-likeness (QED) is 0.0351. The van der Waals surface area contributed by atoms with Gasteiger partial charge in [-0.1, -0.05) is 109 Å². The lowest BCUT2D eigenvalue weighted by atomic mass is 9.95. The molecule has 23 heteroatoms. The highest BCUT2D eigenvalue weighted by molar-refractivity contribution is 5.98. The number of aromatic nitrogens is 1. The molecule has 77 heavy (non-hydrogen) atoms. The lowest BCUT2D eigenvalue weighted by Gasteiger charge is -2.30. The molecule has 0 aliphatic heterocycles. The Hall–Kier alpha value is -8.34. The molecule has 23 nitrogen and oxygen atoms in total. The third-order valence-corrected chi connectivity index (χ3v) is 12.9. The van der Waals surface area contributed by atoms with Gasteiger partial charge in [-0.2, -0.15) is 0 Å². The summed E-state index contributed by atoms with van der Waals surface area (Å²) in [5.41, 5.74) is 8.14. The van der Waals surface area contributed by atoms with Gasteiger partial charge in [-0.25, -0.2) is 4.79 Å². The minimum atomic E-state index is -1.63. The number of benzene rings is 3. The minimum Gasteiger partial charge on any atom is -0.508 e. The molecule has 0 aliphatic rings. The van der Waals surface area contributed by atoms with E-state index in [1.807, 2.05) is 18.2 Å². The lowest BCUT2D eigenvalue weighted by molar-refractivity contribution is -0.143. The predicted molar refractivity (Wildman–Crippen MR) is 281 cm³/mol. The number of rotatable bonds is 30. The smallest absolute Gasteiger partial charge is 0.326 e. The summed E-state index contributed by atoms with van der Waals surface area (Å²) in [7, 11) is 0. The van der Waals surface area contributed by atoms with Crippen LogP contribution < -0.4 is 43.0 Å². The number of nitrogens with two attached hydrogens (primary N) is 1. The van der Waals surface area contributed by atoms with Gasteiger partial charge < -0.3 is 68.4 Å². The van der Waals surface area contributed by atoms with Gasteiger partial charge in [0.05, 0.1) is 12.5 Å². The second kappa shape index (κ2) is 29.1. The molecule has 7 amide bonds. The first-order valence-corrected chi connectivity index (χ1v) is 25.3. The number of carboxylic acids is 3. The van der Waals surface area contributed by atoms with E-state index in [1.165, 1.54) is 24.3 Å². The van der Waals surface area contributed by atoms with Gasteiger partial charge in [0.15, 0.2) is 0 Å². The van der Waals surface area contributed by atoms with E-state index in [0.29, 0.717) is 23.1 Å². The van der Waals surface area contributed by atoms with Gasteiger partial charge in [-0.15, -0.1) is 0 Å². The SMILES string of the molecule is CC[C@H](C)[C@H](NC(=O)[C@@H](NC(=O)[C@H](CCC(=O)O)NC(=O)[C@H](Cc1ccccc1)NC(=O)[C@H](Cc1ccc(O)cc1)NC(=O)[C@@H](NC(=O)[C@@H](N)CC(=O)O)C(C)C)C(C)C)C(=O)N[C@@H](Cc1c[nH]c2ccccc12)C(=O)O. The van der Waals surface area contributed by atoms with Crippen LogP contribution in [-0.2, 0) is 67.2 Å². The number of fused-ring (bicyclic) bond motifs is 1. The van der Waals surface area contributed by atoms with Crippen LogP contribution in [0.5, 0.6) is 5.75 Å². The third-order valence-electron chi connectivity index (χ3n) is 12.9. The molecule has 9 atom stereocenters. The van der Waals surface area contributed by atoms with E-state index < -0.39 is 145 Å². The van der Waals surface area contributed by atoms with Gasteiger partial charge in [0.25, 0.3) is 0 Å². The number of aromatic hydroxyl groups is 1. The molecular weight excluding hydrogens is 999 g/mol. The number of phenols is 1. The van der Waals surface area contributed by atoms with Crippen molar-refractivity contribution in [3.63, 3.8) is 0 Å². The highest BCUT2D eigenvalue weighted by Gasteiger charge is 2.37. The Balaban J connectivity index is 1.60. The van der Waals surface area contributed by atoms with Crippen LogP contribution in [0, 0.1) is 17.8 Å². The average Bonchev–Trinajstić information content (AvgIpc) is 3.79. The summed E-state index contributed by atoms with van der Waals surface area (Å²) in [6, 6.07) is 9.79. The number of aliphatic carboxylic acids is 3. The Morgan fingerprint density at radius 1 is 0.519 bits per heavy atom. The Bertz CT molecular complexity index is 2710. The van der Waals surface area contributed by atoms with Gasteiger partial charge in [0.2, 0.25) is 41.4 Å². The Labute approximate surface area is 445 Å². The first-order valence-electron chi connectivity index (χ1n) is 25.3. The molecule has 0 unspecified atom stereocenters. The summed E-state index contributed by atoms with van der Waals surface area (Å²) in [5, 5.41) is 57.8. The third kappa shape index (κ3) is 18.8. The van der Waals surface area contributed by atoms with Crippen molar-refractivity contribution < 1.29 is 68.4 Å². The zero-order valence-corrected chi connectivity index (χ0v) is 43.8. The van der Waals surface area contributed by atoms with E-state index in [-0.39, 0.29) is 25.0 Å².